The summed E-state index contributed by atoms with van der Waals surface area (Å²) in [6.45, 7) is 10.3. The van der Waals surface area contributed by atoms with Crippen molar-refractivity contribution in [1.29, 1.82) is 0 Å². The standard InChI is InChI=1S/C29H38N4O3/c1-30-29(23-6-3-2-4-7-23)9-12-32(13-10-29)27(36)33-11-5-8-24(19-33)31-26(35)28-16-20-14-21(17-28)25(34)22(15-20)18-28/h2-4,6-7,20-22,24-25,34H,5,8-19H2,(H,31,35)/t20?,21?,22?,24-,25?,28?/m0/s1. The van der Waals surface area contributed by atoms with Crippen LogP contribution in [0, 0.1) is 29.7 Å². The number of aliphatic hydroxyl groups excluding tert-OH is 1. The number of urea groups is 1. The van der Waals surface area contributed by atoms with Crippen LogP contribution in [-0.2, 0) is 10.3 Å². The lowest BCUT2D eigenvalue weighted by Crippen LogP contribution is -2.61. The Kier molecular flexibility index (Phi) is 5.99. The largest absolute Gasteiger partial charge is 0.393 e. The molecule has 192 valence electrons. The van der Waals surface area contributed by atoms with Crippen LogP contribution in [0.1, 0.15) is 63.4 Å². The third-order valence-corrected chi connectivity index (χ3v) is 10.1. The van der Waals surface area contributed by atoms with Gasteiger partial charge in [0.2, 0.25) is 5.91 Å². The number of hydrogen-bond donors (Lipinski definition) is 2. The second-order valence-electron chi connectivity index (χ2n) is 12.3. The molecular weight excluding hydrogens is 452 g/mol. The quantitative estimate of drug-likeness (QED) is 0.633. The van der Waals surface area contributed by atoms with E-state index in [0.29, 0.717) is 38.4 Å². The van der Waals surface area contributed by atoms with Crippen LogP contribution < -0.4 is 5.32 Å². The van der Waals surface area contributed by atoms with Crippen molar-refractivity contribution < 1.29 is 14.7 Å². The third-order valence-electron chi connectivity index (χ3n) is 10.1. The van der Waals surface area contributed by atoms with Crippen molar-refractivity contribution in [2.24, 2.45) is 23.2 Å². The molecule has 2 saturated heterocycles. The van der Waals surface area contributed by atoms with E-state index in [2.05, 4.69) is 10.2 Å². The first kappa shape index (κ1) is 23.8. The topological polar surface area (TPSA) is 77.2 Å². The molecule has 7 nitrogen and oxygen atoms in total. The summed E-state index contributed by atoms with van der Waals surface area (Å²) < 4.78 is 0. The molecule has 6 fully saturated rings. The van der Waals surface area contributed by atoms with Crippen LogP contribution in [0.25, 0.3) is 4.85 Å². The van der Waals surface area contributed by atoms with E-state index < -0.39 is 5.54 Å². The molecule has 7 rings (SSSR count). The Labute approximate surface area is 214 Å². The van der Waals surface area contributed by atoms with Crippen LogP contribution in [-0.4, -0.2) is 65.2 Å². The van der Waals surface area contributed by atoms with E-state index in [1.54, 1.807) is 0 Å². The lowest BCUT2D eigenvalue weighted by Gasteiger charge is -2.58. The summed E-state index contributed by atoms with van der Waals surface area (Å²) in [5, 5.41) is 13.9. The van der Waals surface area contributed by atoms with Crippen LogP contribution in [0.2, 0.25) is 0 Å². The van der Waals surface area contributed by atoms with E-state index in [1.807, 2.05) is 40.1 Å². The Morgan fingerprint density at radius 2 is 1.69 bits per heavy atom. The Bertz CT molecular complexity index is 1030. The Balaban J connectivity index is 1.06. The number of aliphatic hydroxyl groups is 1. The van der Waals surface area contributed by atoms with Gasteiger partial charge < -0.3 is 25.1 Å². The van der Waals surface area contributed by atoms with E-state index in [1.165, 1.54) is 0 Å². The number of carbonyl (C=O) groups excluding carboxylic acids is 2. The fourth-order valence-corrected chi connectivity index (χ4v) is 8.36. The highest BCUT2D eigenvalue weighted by atomic mass is 16.3. The van der Waals surface area contributed by atoms with Crippen molar-refractivity contribution in [3.8, 4) is 0 Å². The SMILES string of the molecule is [C-]#[N+]C1(c2ccccc2)CCN(C(=O)N2CCC[C@H](NC(=O)C34CC5CC(C3)C(O)C(C5)C4)C2)CC1. The third kappa shape index (κ3) is 3.98. The highest BCUT2D eigenvalue weighted by Gasteiger charge is 2.58. The van der Waals surface area contributed by atoms with E-state index >= 15 is 0 Å². The zero-order valence-corrected chi connectivity index (χ0v) is 21.1. The number of nitrogens with zero attached hydrogens (tertiary/aromatic N) is 3. The number of rotatable bonds is 3. The first-order valence-corrected chi connectivity index (χ1v) is 13.9. The number of piperidine rings is 2. The first-order valence-electron chi connectivity index (χ1n) is 13.9. The van der Waals surface area contributed by atoms with Crippen molar-refractivity contribution in [3.05, 3.63) is 47.3 Å². The zero-order valence-electron chi connectivity index (χ0n) is 21.1. The number of hydrogen-bond acceptors (Lipinski definition) is 3. The molecule has 2 heterocycles. The minimum Gasteiger partial charge on any atom is -0.393 e. The monoisotopic (exact) mass is 490 g/mol. The van der Waals surface area contributed by atoms with Crippen molar-refractivity contribution in [2.75, 3.05) is 26.2 Å². The number of nitrogens with one attached hydrogen (secondary N) is 1. The predicted molar refractivity (Wildman–Crippen MR) is 136 cm³/mol. The molecule has 3 amide bonds. The van der Waals surface area contributed by atoms with Gasteiger partial charge in [-0.1, -0.05) is 30.3 Å². The second kappa shape index (κ2) is 9.06. The van der Waals surface area contributed by atoms with Gasteiger partial charge in [-0.3, -0.25) is 4.79 Å². The summed E-state index contributed by atoms with van der Waals surface area (Å²) in [4.78, 5) is 34.8. The molecule has 6 aliphatic rings. The Morgan fingerprint density at radius 1 is 1.00 bits per heavy atom. The lowest BCUT2D eigenvalue weighted by molar-refractivity contribution is -0.163. The maximum absolute atomic E-state index is 13.6. The van der Waals surface area contributed by atoms with Gasteiger partial charge in [0, 0.05) is 50.6 Å². The van der Waals surface area contributed by atoms with Gasteiger partial charge in [-0.2, -0.15) is 0 Å². The van der Waals surface area contributed by atoms with Crippen LogP contribution in [0.4, 0.5) is 4.79 Å². The van der Waals surface area contributed by atoms with Crippen molar-refractivity contribution in [1.82, 2.24) is 15.1 Å². The maximum Gasteiger partial charge on any atom is 0.320 e. The van der Waals surface area contributed by atoms with Crippen LogP contribution in [0.3, 0.4) is 0 Å². The van der Waals surface area contributed by atoms with E-state index in [9.17, 15) is 14.7 Å². The average Bonchev–Trinajstić information content (AvgIpc) is 2.91. The number of benzene rings is 1. The van der Waals surface area contributed by atoms with E-state index in [-0.39, 0.29) is 41.3 Å². The summed E-state index contributed by atoms with van der Waals surface area (Å²) in [5.41, 5.74) is 0.196. The molecule has 0 aromatic heterocycles. The predicted octanol–water partition coefficient (Wildman–Crippen LogP) is 3.78. The van der Waals surface area contributed by atoms with E-state index in [4.69, 9.17) is 6.57 Å². The lowest BCUT2D eigenvalue weighted by atomic mass is 9.48. The zero-order chi connectivity index (χ0) is 24.9. The molecule has 1 aromatic carbocycles. The minimum atomic E-state index is -0.540. The molecule has 7 heteroatoms. The second-order valence-corrected chi connectivity index (χ2v) is 12.3. The normalized spacial score (nSPS) is 36.8. The van der Waals surface area contributed by atoms with Gasteiger partial charge in [-0.05, 0) is 62.7 Å². The first-order chi connectivity index (χ1) is 17.4. The fourth-order valence-electron chi connectivity index (χ4n) is 8.36. The molecule has 0 spiro atoms. The number of amides is 3. The van der Waals surface area contributed by atoms with Gasteiger partial charge in [-0.25, -0.2) is 11.4 Å². The highest BCUT2D eigenvalue weighted by Crippen LogP contribution is 2.60. The Hall–Kier alpha value is -2.59. The van der Waals surface area contributed by atoms with E-state index in [0.717, 1.165) is 57.1 Å². The van der Waals surface area contributed by atoms with Crippen LogP contribution >= 0.6 is 0 Å². The molecule has 0 radical (unpaired) electrons. The minimum absolute atomic E-state index is 0.00966. The van der Waals surface area contributed by atoms with Gasteiger partial charge in [0.15, 0.2) is 0 Å². The molecule has 2 N–H and O–H groups in total. The average molecular weight is 491 g/mol. The van der Waals surface area contributed by atoms with Gasteiger partial charge in [-0.15, -0.1) is 0 Å². The summed E-state index contributed by atoms with van der Waals surface area (Å²) in [7, 11) is 0. The summed E-state index contributed by atoms with van der Waals surface area (Å²) in [6, 6.07) is 10.0. The number of carbonyl (C=O) groups is 2. The van der Waals surface area contributed by atoms with Crippen LogP contribution in [0.15, 0.2) is 30.3 Å². The molecule has 4 saturated carbocycles. The molecule has 36 heavy (non-hydrogen) atoms. The van der Waals surface area contributed by atoms with Gasteiger partial charge in [0.05, 0.1) is 11.5 Å². The smallest absolute Gasteiger partial charge is 0.320 e. The summed E-state index contributed by atoms with van der Waals surface area (Å²) in [6.07, 6.45) is 7.63. The summed E-state index contributed by atoms with van der Waals surface area (Å²) >= 11 is 0. The maximum atomic E-state index is 13.6. The summed E-state index contributed by atoms with van der Waals surface area (Å²) in [5.74, 6) is 1.31. The highest BCUT2D eigenvalue weighted by molar-refractivity contribution is 5.83. The van der Waals surface area contributed by atoms with Crippen molar-refractivity contribution in [3.63, 3.8) is 0 Å². The molecule has 1 aromatic rings. The van der Waals surface area contributed by atoms with Gasteiger partial charge >= 0.3 is 6.03 Å². The fraction of sp³-hybridized carbons (Fsp3) is 0.690. The van der Waals surface area contributed by atoms with Crippen molar-refractivity contribution >= 4 is 11.9 Å². The molecule has 2 unspecified atom stereocenters. The molecule has 2 aliphatic heterocycles. The van der Waals surface area contributed by atoms with Gasteiger partial charge in [0.25, 0.3) is 5.54 Å². The van der Waals surface area contributed by atoms with Gasteiger partial charge in [0.1, 0.15) is 0 Å². The molecule has 4 aliphatic carbocycles. The van der Waals surface area contributed by atoms with Crippen molar-refractivity contribution in [2.45, 2.75) is 75.5 Å². The molecule has 4 bridgehead atoms. The molecular formula is C29H38N4O3. The molecule has 3 atom stereocenters. The van der Waals surface area contributed by atoms with Crippen LogP contribution in [0.5, 0.6) is 0 Å². The Morgan fingerprint density at radius 3 is 2.36 bits per heavy atom. The number of likely N-dealkylation sites (tertiary alicyclic amines) is 2.